The van der Waals surface area contributed by atoms with Crippen LogP contribution >= 0.6 is 11.6 Å². The van der Waals surface area contributed by atoms with E-state index >= 15 is 0 Å². The molecule has 4 nitrogen and oxygen atoms in total. The van der Waals surface area contributed by atoms with Crippen LogP contribution in [-0.4, -0.2) is 23.1 Å². The molecule has 0 amide bonds. The number of hydrogen-bond donors (Lipinski definition) is 1. The monoisotopic (exact) mass is 286 g/mol. The van der Waals surface area contributed by atoms with Gasteiger partial charge >= 0.3 is 0 Å². The molecule has 1 aromatic heterocycles. The van der Waals surface area contributed by atoms with Crippen molar-refractivity contribution in [3.05, 3.63) is 47.0 Å². The van der Waals surface area contributed by atoms with Crippen molar-refractivity contribution in [1.29, 1.82) is 5.26 Å². The second kappa shape index (κ2) is 5.56. The van der Waals surface area contributed by atoms with Crippen LogP contribution in [-0.2, 0) is 0 Å². The van der Waals surface area contributed by atoms with Crippen LogP contribution in [0.5, 0.6) is 0 Å². The highest BCUT2D eigenvalue weighted by Crippen LogP contribution is 2.34. The van der Waals surface area contributed by atoms with Crippen molar-refractivity contribution in [2.24, 2.45) is 0 Å². The Hall–Kier alpha value is -1.99. The maximum absolute atomic E-state index is 9.27. The Morgan fingerprint density at radius 3 is 3.10 bits per heavy atom. The van der Waals surface area contributed by atoms with E-state index in [4.69, 9.17) is 11.6 Å². The number of aromatic nitrogens is 2. The summed E-state index contributed by atoms with van der Waals surface area (Å²) in [6.45, 7) is 1.77. The van der Waals surface area contributed by atoms with E-state index in [0.717, 1.165) is 37.4 Å². The van der Waals surface area contributed by atoms with Gasteiger partial charge in [-0.05, 0) is 25.0 Å². The molecule has 3 rings (SSSR count). The fourth-order valence-electron chi connectivity index (χ4n) is 2.83. The molecule has 1 unspecified atom stereocenters. The molecule has 0 aliphatic carbocycles. The molecule has 1 atom stereocenters. The van der Waals surface area contributed by atoms with Crippen LogP contribution in [0.2, 0.25) is 5.02 Å². The average molecular weight is 287 g/mol. The molecule has 0 radical (unpaired) electrons. The van der Waals surface area contributed by atoms with Gasteiger partial charge in [0.2, 0.25) is 0 Å². The Bertz CT molecular complexity index is 630. The van der Waals surface area contributed by atoms with E-state index in [1.807, 2.05) is 24.4 Å². The standard InChI is InChI=1S/C15H15ClN4/c16-13-5-1-3-11(9-17)14(13)20-8-2-4-12(10-20)15-18-6-7-19-15/h1,3,5-7,12H,2,4,8,10H2,(H,18,19). The summed E-state index contributed by atoms with van der Waals surface area (Å²) in [5.41, 5.74) is 1.49. The lowest BCUT2D eigenvalue weighted by molar-refractivity contribution is 0.494. The Kier molecular flexibility index (Phi) is 3.62. The van der Waals surface area contributed by atoms with Crippen molar-refractivity contribution in [3.8, 4) is 6.07 Å². The zero-order chi connectivity index (χ0) is 13.9. The lowest BCUT2D eigenvalue weighted by Gasteiger charge is -2.34. The predicted octanol–water partition coefficient (Wildman–Crippen LogP) is 3.32. The topological polar surface area (TPSA) is 55.7 Å². The van der Waals surface area contributed by atoms with Crippen molar-refractivity contribution < 1.29 is 0 Å². The van der Waals surface area contributed by atoms with E-state index < -0.39 is 0 Å². The van der Waals surface area contributed by atoms with E-state index in [1.165, 1.54) is 0 Å². The maximum Gasteiger partial charge on any atom is 0.110 e. The number of para-hydroxylation sites is 1. The van der Waals surface area contributed by atoms with Gasteiger partial charge in [-0.25, -0.2) is 4.98 Å². The highest BCUT2D eigenvalue weighted by molar-refractivity contribution is 6.33. The normalized spacial score (nSPS) is 18.8. The molecule has 1 aliphatic heterocycles. The number of rotatable bonds is 2. The van der Waals surface area contributed by atoms with Gasteiger partial charge in [0.25, 0.3) is 0 Å². The summed E-state index contributed by atoms with van der Waals surface area (Å²) < 4.78 is 0. The number of halogens is 1. The van der Waals surface area contributed by atoms with Gasteiger partial charge < -0.3 is 9.88 Å². The highest BCUT2D eigenvalue weighted by atomic mass is 35.5. The minimum absolute atomic E-state index is 0.363. The summed E-state index contributed by atoms with van der Waals surface area (Å²) in [7, 11) is 0. The number of piperidine rings is 1. The van der Waals surface area contributed by atoms with Gasteiger partial charge in [-0.15, -0.1) is 0 Å². The Balaban J connectivity index is 1.90. The summed E-state index contributed by atoms with van der Waals surface area (Å²) in [5.74, 6) is 1.38. The molecule has 5 heteroatoms. The molecule has 102 valence electrons. The molecule has 0 spiro atoms. The van der Waals surface area contributed by atoms with E-state index in [-0.39, 0.29) is 0 Å². The van der Waals surface area contributed by atoms with Gasteiger partial charge in [0.05, 0.1) is 16.3 Å². The van der Waals surface area contributed by atoms with Crippen LogP contribution in [0.4, 0.5) is 5.69 Å². The predicted molar refractivity (Wildman–Crippen MR) is 78.9 cm³/mol. The van der Waals surface area contributed by atoms with Gasteiger partial charge in [-0.1, -0.05) is 17.7 Å². The van der Waals surface area contributed by atoms with Crippen molar-refractivity contribution >= 4 is 17.3 Å². The Morgan fingerprint density at radius 2 is 2.35 bits per heavy atom. The summed E-state index contributed by atoms with van der Waals surface area (Å²) in [4.78, 5) is 9.75. The van der Waals surface area contributed by atoms with E-state index in [2.05, 4.69) is 20.9 Å². The maximum atomic E-state index is 9.27. The molecule has 1 saturated heterocycles. The number of H-pyrrole nitrogens is 1. The number of nitrogens with zero attached hydrogens (tertiary/aromatic N) is 3. The van der Waals surface area contributed by atoms with Crippen molar-refractivity contribution in [2.75, 3.05) is 18.0 Å². The minimum atomic E-state index is 0.363. The number of nitriles is 1. The molecule has 0 saturated carbocycles. The second-order valence-electron chi connectivity index (χ2n) is 5.01. The lowest BCUT2D eigenvalue weighted by Crippen LogP contribution is -2.35. The smallest absolute Gasteiger partial charge is 0.110 e. The van der Waals surface area contributed by atoms with Gasteiger partial charge in [-0.3, -0.25) is 0 Å². The van der Waals surface area contributed by atoms with Crippen LogP contribution in [0.15, 0.2) is 30.6 Å². The minimum Gasteiger partial charge on any atom is -0.369 e. The van der Waals surface area contributed by atoms with Crippen LogP contribution in [0.1, 0.15) is 30.1 Å². The summed E-state index contributed by atoms with van der Waals surface area (Å²) in [5, 5.41) is 9.91. The molecule has 2 heterocycles. The second-order valence-corrected chi connectivity index (χ2v) is 5.41. The molecular formula is C15H15ClN4. The number of aromatic amines is 1. The highest BCUT2D eigenvalue weighted by Gasteiger charge is 2.25. The number of benzene rings is 1. The van der Waals surface area contributed by atoms with Crippen LogP contribution in [0, 0.1) is 11.3 Å². The van der Waals surface area contributed by atoms with Gasteiger partial charge in [0.15, 0.2) is 0 Å². The molecule has 1 aliphatic rings. The molecule has 1 fully saturated rings. The molecule has 1 N–H and O–H groups in total. The Morgan fingerprint density at radius 1 is 1.45 bits per heavy atom. The molecule has 20 heavy (non-hydrogen) atoms. The number of hydrogen-bond acceptors (Lipinski definition) is 3. The zero-order valence-electron chi connectivity index (χ0n) is 11.0. The fourth-order valence-corrected chi connectivity index (χ4v) is 3.13. The van der Waals surface area contributed by atoms with Crippen LogP contribution in [0.3, 0.4) is 0 Å². The summed E-state index contributed by atoms with van der Waals surface area (Å²) >= 11 is 6.30. The SMILES string of the molecule is N#Cc1cccc(Cl)c1N1CCCC(c2ncc[nH]2)C1. The van der Waals surface area contributed by atoms with Gasteiger partial charge in [-0.2, -0.15) is 5.26 Å². The van der Waals surface area contributed by atoms with Gasteiger partial charge in [0, 0.05) is 31.4 Å². The first-order valence-corrected chi connectivity index (χ1v) is 7.10. The number of nitrogens with one attached hydrogen (secondary N) is 1. The summed E-state index contributed by atoms with van der Waals surface area (Å²) in [6.07, 6.45) is 5.81. The third-order valence-electron chi connectivity index (χ3n) is 3.75. The molecule has 1 aromatic carbocycles. The third-order valence-corrected chi connectivity index (χ3v) is 4.06. The zero-order valence-corrected chi connectivity index (χ0v) is 11.8. The first-order valence-electron chi connectivity index (χ1n) is 6.72. The average Bonchev–Trinajstić information content (AvgIpc) is 3.01. The van der Waals surface area contributed by atoms with E-state index in [1.54, 1.807) is 6.20 Å². The van der Waals surface area contributed by atoms with E-state index in [9.17, 15) is 5.26 Å². The number of anilines is 1. The van der Waals surface area contributed by atoms with Crippen LogP contribution < -0.4 is 4.90 Å². The molecule has 0 bridgehead atoms. The first kappa shape index (κ1) is 13.0. The van der Waals surface area contributed by atoms with Crippen LogP contribution in [0.25, 0.3) is 0 Å². The van der Waals surface area contributed by atoms with E-state index in [0.29, 0.717) is 16.5 Å². The first-order chi connectivity index (χ1) is 9.79. The van der Waals surface area contributed by atoms with Gasteiger partial charge in [0.1, 0.15) is 11.9 Å². The van der Waals surface area contributed by atoms with Crippen molar-refractivity contribution in [2.45, 2.75) is 18.8 Å². The third kappa shape index (κ3) is 2.37. The largest absolute Gasteiger partial charge is 0.369 e. The van der Waals surface area contributed by atoms with Crippen molar-refractivity contribution in [1.82, 2.24) is 9.97 Å². The van der Waals surface area contributed by atoms with Crippen molar-refractivity contribution in [3.63, 3.8) is 0 Å². The Labute approximate surface area is 123 Å². The quantitative estimate of drug-likeness (QED) is 0.921. The number of imidazole rings is 1. The summed E-state index contributed by atoms with van der Waals surface area (Å²) in [6, 6.07) is 7.71. The fraction of sp³-hybridized carbons (Fsp3) is 0.333. The lowest BCUT2D eigenvalue weighted by atomic mass is 9.96. The molecular weight excluding hydrogens is 272 g/mol. The molecule has 2 aromatic rings.